The number of morpholine rings is 1. The van der Waals surface area contributed by atoms with Gasteiger partial charge in [0.1, 0.15) is 5.69 Å². The van der Waals surface area contributed by atoms with E-state index in [1.54, 1.807) is 11.3 Å². The standard InChI is InChI=1S/C18H26N4O2S/c1-13-14(12-21-7-9-24-10-8-21)17-16(25-13)11-15(19-17)18(23)22-5-3-20(2)4-6-22/h11,19H,3-10,12H2,1-2H3. The average Bonchev–Trinajstić information content (AvgIpc) is 3.15. The van der Waals surface area contributed by atoms with Crippen molar-refractivity contribution in [2.75, 3.05) is 59.5 Å². The molecular weight excluding hydrogens is 336 g/mol. The van der Waals surface area contributed by atoms with Gasteiger partial charge >= 0.3 is 0 Å². The fourth-order valence-corrected chi connectivity index (χ4v) is 4.68. The van der Waals surface area contributed by atoms with Crippen molar-refractivity contribution >= 4 is 27.5 Å². The van der Waals surface area contributed by atoms with E-state index in [1.165, 1.54) is 15.1 Å². The van der Waals surface area contributed by atoms with Gasteiger partial charge in [-0.1, -0.05) is 0 Å². The van der Waals surface area contributed by atoms with E-state index in [0.29, 0.717) is 0 Å². The molecule has 0 saturated carbocycles. The molecule has 0 spiro atoms. The van der Waals surface area contributed by atoms with E-state index in [2.05, 4.69) is 28.8 Å². The molecule has 4 rings (SSSR count). The highest BCUT2D eigenvalue weighted by atomic mass is 32.1. The lowest BCUT2D eigenvalue weighted by molar-refractivity contribution is 0.0343. The number of nitrogens with one attached hydrogen (secondary N) is 1. The monoisotopic (exact) mass is 362 g/mol. The number of ether oxygens (including phenoxy) is 1. The van der Waals surface area contributed by atoms with Crippen molar-refractivity contribution in [3.05, 3.63) is 22.2 Å². The van der Waals surface area contributed by atoms with Gasteiger partial charge in [0.05, 0.1) is 23.4 Å². The minimum Gasteiger partial charge on any atom is -0.379 e. The number of piperazine rings is 1. The van der Waals surface area contributed by atoms with Crippen molar-refractivity contribution in [1.82, 2.24) is 19.7 Å². The van der Waals surface area contributed by atoms with Gasteiger partial charge in [-0.2, -0.15) is 0 Å². The maximum absolute atomic E-state index is 12.8. The molecule has 2 aromatic heterocycles. The number of thiophene rings is 1. The van der Waals surface area contributed by atoms with Crippen LogP contribution in [0.1, 0.15) is 20.9 Å². The Morgan fingerprint density at radius 3 is 2.64 bits per heavy atom. The fraction of sp³-hybridized carbons (Fsp3) is 0.611. The Labute approximate surface area is 152 Å². The molecule has 0 bridgehead atoms. The van der Waals surface area contributed by atoms with Crippen molar-refractivity contribution in [2.24, 2.45) is 0 Å². The van der Waals surface area contributed by atoms with E-state index < -0.39 is 0 Å². The highest BCUT2D eigenvalue weighted by molar-refractivity contribution is 7.19. The first-order valence-corrected chi connectivity index (χ1v) is 9.82. The lowest BCUT2D eigenvalue weighted by atomic mass is 10.2. The number of hydrogen-bond donors (Lipinski definition) is 1. The van der Waals surface area contributed by atoms with Crippen molar-refractivity contribution in [3.63, 3.8) is 0 Å². The quantitative estimate of drug-likeness (QED) is 0.904. The van der Waals surface area contributed by atoms with Crippen LogP contribution in [0.2, 0.25) is 0 Å². The first-order valence-electron chi connectivity index (χ1n) is 9.01. The number of amides is 1. The summed E-state index contributed by atoms with van der Waals surface area (Å²) in [6.07, 6.45) is 0. The Kier molecular flexibility index (Phi) is 4.82. The molecule has 2 aliphatic heterocycles. The molecule has 2 fully saturated rings. The van der Waals surface area contributed by atoms with Crippen LogP contribution >= 0.6 is 11.3 Å². The second kappa shape index (κ2) is 7.07. The van der Waals surface area contributed by atoms with Crippen LogP contribution in [-0.4, -0.2) is 85.1 Å². The summed E-state index contributed by atoms with van der Waals surface area (Å²) < 4.78 is 6.64. The summed E-state index contributed by atoms with van der Waals surface area (Å²) >= 11 is 1.78. The average molecular weight is 362 g/mol. The molecule has 2 aliphatic rings. The lowest BCUT2D eigenvalue weighted by Crippen LogP contribution is -2.47. The Morgan fingerprint density at radius 1 is 1.20 bits per heavy atom. The van der Waals surface area contributed by atoms with Crippen LogP contribution in [0.4, 0.5) is 0 Å². The number of likely N-dealkylation sites (N-methyl/N-ethyl adjacent to an activating group) is 1. The summed E-state index contributed by atoms with van der Waals surface area (Å²) in [6.45, 7) is 10.2. The summed E-state index contributed by atoms with van der Waals surface area (Å²) in [6, 6.07) is 2.04. The van der Waals surface area contributed by atoms with Crippen LogP contribution in [0.5, 0.6) is 0 Å². The second-order valence-electron chi connectivity index (χ2n) is 7.04. The molecule has 0 unspecified atom stereocenters. The molecule has 136 valence electrons. The van der Waals surface area contributed by atoms with Gasteiger partial charge in [-0.15, -0.1) is 11.3 Å². The Bertz CT molecular complexity index is 755. The molecule has 0 radical (unpaired) electrons. The van der Waals surface area contributed by atoms with Crippen LogP contribution in [0.25, 0.3) is 10.2 Å². The molecule has 2 saturated heterocycles. The van der Waals surface area contributed by atoms with E-state index in [-0.39, 0.29) is 5.91 Å². The van der Waals surface area contributed by atoms with Crippen LogP contribution in [0.15, 0.2) is 6.07 Å². The van der Waals surface area contributed by atoms with Crippen LogP contribution in [0, 0.1) is 6.92 Å². The molecule has 0 atom stereocenters. The topological polar surface area (TPSA) is 51.8 Å². The zero-order valence-corrected chi connectivity index (χ0v) is 15.8. The molecule has 1 amide bonds. The van der Waals surface area contributed by atoms with Crippen LogP contribution < -0.4 is 0 Å². The highest BCUT2D eigenvalue weighted by Crippen LogP contribution is 2.32. The van der Waals surface area contributed by atoms with Crippen molar-refractivity contribution in [1.29, 1.82) is 0 Å². The number of hydrogen-bond acceptors (Lipinski definition) is 5. The zero-order chi connectivity index (χ0) is 17.4. The minimum atomic E-state index is 0.131. The number of aromatic nitrogens is 1. The summed E-state index contributed by atoms with van der Waals surface area (Å²) in [5.41, 5.74) is 3.21. The van der Waals surface area contributed by atoms with Crippen molar-refractivity contribution < 1.29 is 9.53 Å². The predicted molar refractivity (Wildman–Crippen MR) is 100 cm³/mol. The summed E-state index contributed by atoms with van der Waals surface area (Å²) in [4.78, 5) is 24.2. The fourth-order valence-electron chi connectivity index (χ4n) is 3.61. The number of aryl methyl sites for hydroxylation is 1. The van der Waals surface area contributed by atoms with E-state index in [1.807, 2.05) is 11.0 Å². The second-order valence-corrected chi connectivity index (χ2v) is 8.30. The van der Waals surface area contributed by atoms with E-state index in [4.69, 9.17) is 4.74 Å². The van der Waals surface area contributed by atoms with E-state index in [0.717, 1.165) is 70.2 Å². The van der Waals surface area contributed by atoms with Crippen molar-refractivity contribution in [2.45, 2.75) is 13.5 Å². The smallest absolute Gasteiger partial charge is 0.270 e. The van der Waals surface area contributed by atoms with Gasteiger partial charge in [0.2, 0.25) is 0 Å². The number of carbonyl (C=O) groups excluding carboxylic acids is 1. The summed E-state index contributed by atoms with van der Waals surface area (Å²) in [7, 11) is 2.10. The van der Waals surface area contributed by atoms with Gasteiger partial charge in [0, 0.05) is 56.3 Å². The van der Waals surface area contributed by atoms with Crippen molar-refractivity contribution in [3.8, 4) is 0 Å². The van der Waals surface area contributed by atoms with E-state index >= 15 is 0 Å². The van der Waals surface area contributed by atoms with Gasteiger partial charge in [0.25, 0.3) is 5.91 Å². The van der Waals surface area contributed by atoms with Crippen LogP contribution in [0.3, 0.4) is 0 Å². The summed E-state index contributed by atoms with van der Waals surface area (Å²) in [5, 5.41) is 0. The molecular formula is C18H26N4O2S. The number of aromatic amines is 1. The normalized spacial score (nSPS) is 20.5. The van der Waals surface area contributed by atoms with Gasteiger partial charge in [0.15, 0.2) is 0 Å². The number of carbonyl (C=O) groups is 1. The Balaban J connectivity index is 1.54. The van der Waals surface area contributed by atoms with Gasteiger partial charge < -0.3 is 19.5 Å². The third kappa shape index (κ3) is 3.46. The first kappa shape index (κ1) is 17.0. The third-order valence-corrected chi connectivity index (χ3v) is 6.37. The minimum absolute atomic E-state index is 0.131. The predicted octanol–water partition coefficient (Wildman–Crippen LogP) is 1.76. The largest absolute Gasteiger partial charge is 0.379 e. The number of nitrogens with zero attached hydrogens (tertiary/aromatic N) is 3. The lowest BCUT2D eigenvalue weighted by Gasteiger charge is -2.32. The maximum Gasteiger partial charge on any atom is 0.270 e. The Hall–Kier alpha value is -1.41. The molecule has 7 heteroatoms. The molecule has 0 aliphatic carbocycles. The van der Waals surface area contributed by atoms with Gasteiger partial charge in [-0.3, -0.25) is 9.69 Å². The zero-order valence-electron chi connectivity index (χ0n) is 15.0. The number of rotatable bonds is 3. The molecule has 2 aromatic rings. The first-order chi connectivity index (χ1) is 12.1. The molecule has 4 heterocycles. The Morgan fingerprint density at radius 2 is 1.92 bits per heavy atom. The molecule has 0 aromatic carbocycles. The molecule has 6 nitrogen and oxygen atoms in total. The SMILES string of the molecule is Cc1sc2cc(C(=O)N3CCN(C)CC3)[nH]c2c1CN1CCOCC1. The van der Waals surface area contributed by atoms with Gasteiger partial charge in [-0.05, 0) is 20.0 Å². The van der Waals surface area contributed by atoms with Gasteiger partial charge in [-0.25, -0.2) is 0 Å². The highest BCUT2D eigenvalue weighted by Gasteiger charge is 2.24. The molecule has 1 N–H and O–H groups in total. The number of fused-ring (bicyclic) bond motifs is 1. The third-order valence-electron chi connectivity index (χ3n) is 5.28. The maximum atomic E-state index is 12.8. The number of H-pyrrole nitrogens is 1. The molecule has 25 heavy (non-hydrogen) atoms. The van der Waals surface area contributed by atoms with Crippen LogP contribution in [-0.2, 0) is 11.3 Å². The summed E-state index contributed by atoms with van der Waals surface area (Å²) in [5.74, 6) is 0.131. The van der Waals surface area contributed by atoms with E-state index in [9.17, 15) is 4.79 Å².